The van der Waals surface area contributed by atoms with Crippen molar-refractivity contribution < 1.29 is 5.21 Å². The van der Waals surface area contributed by atoms with E-state index in [0.717, 1.165) is 5.56 Å². The number of oxime groups is 1. The average Bonchev–Trinajstić information content (AvgIpc) is 2.26. The predicted molar refractivity (Wildman–Crippen MR) is 53.7 cm³/mol. The summed E-state index contributed by atoms with van der Waals surface area (Å²) in [5, 5.41) is 11.5. The molecular weight excluding hydrogens is 180 g/mol. The van der Waals surface area contributed by atoms with E-state index in [1.54, 1.807) is 17.3 Å². The number of guanidine groups is 1. The lowest BCUT2D eigenvalue weighted by molar-refractivity contribution is 0.298. The Morgan fingerprint density at radius 1 is 1.57 bits per heavy atom. The molecule has 0 unspecified atom stereocenters. The number of rotatable bonds is 3. The molecule has 0 aliphatic heterocycles. The third-order valence-corrected chi connectivity index (χ3v) is 1.93. The molecule has 0 bridgehead atoms. The van der Waals surface area contributed by atoms with Crippen LogP contribution in [0.4, 0.5) is 0 Å². The van der Waals surface area contributed by atoms with Gasteiger partial charge in [0, 0.05) is 25.5 Å². The van der Waals surface area contributed by atoms with Crippen molar-refractivity contribution in [2.24, 2.45) is 10.9 Å². The number of hydrogen-bond donors (Lipinski definition) is 2. The molecule has 0 radical (unpaired) electrons. The predicted octanol–water partition coefficient (Wildman–Crippen LogP) is 0.607. The number of nitrogens with two attached hydrogens (primary N) is 1. The molecule has 1 heterocycles. The summed E-state index contributed by atoms with van der Waals surface area (Å²) in [6.07, 6.45) is 3.44. The third kappa shape index (κ3) is 2.62. The molecule has 0 saturated carbocycles. The molecule has 5 nitrogen and oxygen atoms in total. The molecule has 76 valence electrons. The Hall–Kier alpha value is -1.78. The van der Waals surface area contributed by atoms with Crippen LogP contribution in [-0.2, 0) is 6.54 Å². The molecule has 14 heavy (non-hydrogen) atoms. The van der Waals surface area contributed by atoms with Gasteiger partial charge in [-0.2, -0.15) is 0 Å². The van der Waals surface area contributed by atoms with Gasteiger partial charge < -0.3 is 15.8 Å². The van der Waals surface area contributed by atoms with Crippen LogP contribution in [0.5, 0.6) is 0 Å². The van der Waals surface area contributed by atoms with E-state index < -0.39 is 0 Å². The van der Waals surface area contributed by atoms with E-state index >= 15 is 0 Å². The lowest BCUT2D eigenvalue weighted by Gasteiger charge is -2.20. The van der Waals surface area contributed by atoms with Gasteiger partial charge in [-0.05, 0) is 24.6 Å². The van der Waals surface area contributed by atoms with E-state index in [1.807, 2.05) is 19.1 Å². The normalized spacial score (nSPS) is 11.4. The monoisotopic (exact) mass is 194 g/mol. The molecule has 5 heteroatoms. The Labute approximate surface area is 82.9 Å². The highest BCUT2D eigenvalue weighted by molar-refractivity contribution is 5.77. The second-order valence-corrected chi connectivity index (χ2v) is 2.83. The largest absolute Gasteiger partial charge is 0.408 e. The molecule has 0 aromatic carbocycles. The van der Waals surface area contributed by atoms with E-state index in [4.69, 9.17) is 10.9 Å². The zero-order valence-electron chi connectivity index (χ0n) is 8.09. The maximum absolute atomic E-state index is 8.52. The van der Waals surface area contributed by atoms with Gasteiger partial charge in [0.1, 0.15) is 0 Å². The molecule has 0 aliphatic rings. The van der Waals surface area contributed by atoms with Gasteiger partial charge in [0.2, 0.25) is 5.96 Å². The Morgan fingerprint density at radius 2 is 2.21 bits per heavy atom. The Kier molecular flexibility index (Phi) is 3.72. The van der Waals surface area contributed by atoms with Crippen LogP contribution in [0.3, 0.4) is 0 Å². The third-order valence-electron chi connectivity index (χ3n) is 1.93. The quantitative estimate of drug-likeness (QED) is 0.320. The minimum atomic E-state index is 0.129. The van der Waals surface area contributed by atoms with Crippen LogP contribution in [0.15, 0.2) is 29.7 Å². The standard InChI is InChI=1S/C9H14N4O/c1-2-13(9(10)12-14)7-8-3-5-11-6-4-8/h3-6,14H,2,7H2,1H3,(H2,10,12). The van der Waals surface area contributed by atoms with Gasteiger partial charge in [0.25, 0.3) is 0 Å². The molecule has 0 saturated heterocycles. The number of hydrogen-bond acceptors (Lipinski definition) is 3. The van der Waals surface area contributed by atoms with Gasteiger partial charge in [-0.25, -0.2) is 0 Å². The van der Waals surface area contributed by atoms with Crippen molar-refractivity contribution in [2.45, 2.75) is 13.5 Å². The van der Waals surface area contributed by atoms with Crippen LogP contribution < -0.4 is 5.73 Å². The van der Waals surface area contributed by atoms with Crippen molar-refractivity contribution in [3.63, 3.8) is 0 Å². The summed E-state index contributed by atoms with van der Waals surface area (Å²) in [5.41, 5.74) is 6.56. The molecule has 1 aromatic heterocycles. The van der Waals surface area contributed by atoms with Gasteiger partial charge >= 0.3 is 0 Å². The molecule has 0 aliphatic carbocycles. The molecule has 0 fully saturated rings. The minimum Gasteiger partial charge on any atom is -0.408 e. The smallest absolute Gasteiger partial charge is 0.233 e. The Bertz CT molecular complexity index is 299. The highest BCUT2D eigenvalue weighted by Gasteiger charge is 2.05. The molecule has 3 N–H and O–H groups in total. The fourth-order valence-corrected chi connectivity index (χ4v) is 1.13. The van der Waals surface area contributed by atoms with Crippen LogP contribution >= 0.6 is 0 Å². The van der Waals surface area contributed by atoms with Crippen molar-refractivity contribution in [1.29, 1.82) is 0 Å². The second-order valence-electron chi connectivity index (χ2n) is 2.83. The number of nitrogens with zero attached hydrogens (tertiary/aromatic N) is 3. The van der Waals surface area contributed by atoms with E-state index in [-0.39, 0.29) is 5.96 Å². The van der Waals surface area contributed by atoms with Crippen LogP contribution in [0.25, 0.3) is 0 Å². The van der Waals surface area contributed by atoms with Crippen LogP contribution in [0, 0.1) is 0 Å². The zero-order valence-corrected chi connectivity index (χ0v) is 8.09. The van der Waals surface area contributed by atoms with E-state index in [9.17, 15) is 0 Å². The van der Waals surface area contributed by atoms with Gasteiger partial charge in [-0.1, -0.05) is 5.16 Å². The lowest BCUT2D eigenvalue weighted by Crippen LogP contribution is -2.36. The fraction of sp³-hybridized carbons (Fsp3) is 0.333. The van der Waals surface area contributed by atoms with Crippen molar-refractivity contribution in [3.8, 4) is 0 Å². The first-order chi connectivity index (χ1) is 6.77. The molecule has 0 amide bonds. The first-order valence-electron chi connectivity index (χ1n) is 4.39. The van der Waals surface area contributed by atoms with Crippen LogP contribution in [0.1, 0.15) is 12.5 Å². The maximum Gasteiger partial charge on any atom is 0.233 e. The van der Waals surface area contributed by atoms with Crippen LogP contribution in [0.2, 0.25) is 0 Å². The maximum atomic E-state index is 8.52. The summed E-state index contributed by atoms with van der Waals surface area (Å²) in [6, 6.07) is 3.79. The second kappa shape index (κ2) is 5.06. The van der Waals surface area contributed by atoms with Gasteiger partial charge in [0.15, 0.2) is 0 Å². The average molecular weight is 194 g/mol. The summed E-state index contributed by atoms with van der Waals surface area (Å²) >= 11 is 0. The highest BCUT2D eigenvalue weighted by Crippen LogP contribution is 2.02. The first-order valence-corrected chi connectivity index (χ1v) is 4.39. The van der Waals surface area contributed by atoms with Gasteiger partial charge in [-0.3, -0.25) is 4.98 Å². The SMILES string of the molecule is CCN(Cc1ccncc1)C(N)=NO. The molecule has 1 aromatic rings. The molecule has 0 spiro atoms. The zero-order chi connectivity index (χ0) is 10.4. The highest BCUT2D eigenvalue weighted by atomic mass is 16.4. The first kappa shape index (κ1) is 10.3. The Balaban J connectivity index is 2.67. The fourth-order valence-electron chi connectivity index (χ4n) is 1.13. The van der Waals surface area contributed by atoms with Crippen LogP contribution in [-0.4, -0.2) is 27.6 Å². The summed E-state index contributed by atoms with van der Waals surface area (Å²) in [7, 11) is 0. The molecule has 0 atom stereocenters. The lowest BCUT2D eigenvalue weighted by atomic mass is 10.2. The summed E-state index contributed by atoms with van der Waals surface area (Å²) in [6.45, 7) is 3.26. The van der Waals surface area contributed by atoms with E-state index in [2.05, 4.69) is 10.1 Å². The summed E-state index contributed by atoms with van der Waals surface area (Å²) in [5.74, 6) is 0.129. The van der Waals surface area contributed by atoms with Crippen molar-refractivity contribution in [3.05, 3.63) is 30.1 Å². The number of aromatic nitrogens is 1. The van der Waals surface area contributed by atoms with E-state index in [0.29, 0.717) is 13.1 Å². The van der Waals surface area contributed by atoms with Crippen molar-refractivity contribution in [1.82, 2.24) is 9.88 Å². The van der Waals surface area contributed by atoms with Gasteiger partial charge in [0.05, 0.1) is 0 Å². The van der Waals surface area contributed by atoms with E-state index in [1.165, 1.54) is 0 Å². The van der Waals surface area contributed by atoms with Gasteiger partial charge in [-0.15, -0.1) is 0 Å². The topological polar surface area (TPSA) is 74.7 Å². The molecule has 1 rings (SSSR count). The molecular formula is C9H14N4O. The minimum absolute atomic E-state index is 0.129. The summed E-state index contributed by atoms with van der Waals surface area (Å²) < 4.78 is 0. The summed E-state index contributed by atoms with van der Waals surface area (Å²) in [4.78, 5) is 5.67. The number of pyridine rings is 1. The van der Waals surface area contributed by atoms with Crippen molar-refractivity contribution >= 4 is 5.96 Å². The Morgan fingerprint density at radius 3 is 2.71 bits per heavy atom. The van der Waals surface area contributed by atoms with Crippen molar-refractivity contribution in [2.75, 3.05) is 6.54 Å².